The Balaban J connectivity index is 1.69. The van der Waals surface area contributed by atoms with Crippen LogP contribution in [-0.2, 0) is 11.3 Å². The number of methoxy groups -OCH3 is 1. The molecule has 0 saturated heterocycles. The van der Waals surface area contributed by atoms with Gasteiger partial charge in [0.15, 0.2) is 11.5 Å². The summed E-state index contributed by atoms with van der Waals surface area (Å²) in [6.07, 6.45) is 1.43. The molecule has 0 unspecified atom stereocenters. The summed E-state index contributed by atoms with van der Waals surface area (Å²) < 4.78 is 11.8. The summed E-state index contributed by atoms with van der Waals surface area (Å²) in [5.41, 5.74) is 0.216. The van der Waals surface area contributed by atoms with Gasteiger partial charge in [-0.15, -0.1) is 11.3 Å². The zero-order valence-corrected chi connectivity index (χ0v) is 14.1. The lowest BCUT2D eigenvalue weighted by atomic mass is 10.2. The molecule has 2 aromatic heterocycles. The first-order valence-electron chi connectivity index (χ1n) is 7.34. The number of esters is 1. The second-order valence-electron chi connectivity index (χ2n) is 5.08. The van der Waals surface area contributed by atoms with Gasteiger partial charge in [-0.05, 0) is 23.6 Å². The third kappa shape index (κ3) is 3.51. The maximum atomic E-state index is 12.3. The Hall–Kier alpha value is -3.18. The normalized spacial score (nSPS) is 10.4. The first-order valence-corrected chi connectivity index (χ1v) is 8.22. The van der Waals surface area contributed by atoms with Crippen molar-refractivity contribution in [3.05, 3.63) is 51.9 Å². The number of aromatic nitrogens is 2. The van der Waals surface area contributed by atoms with Crippen LogP contribution in [0.2, 0.25) is 0 Å². The molecule has 8 heteroatoms. The Morgan fingerprint density at radius 3 is 2.96 bits per heavy atom. The van der Waals surface area contributed by atoms with Crippen LogP contribution in [0.5, 0.6) is 11.5 Å². The van der Waals surface area contributed by atoms with E-state index in [4.69, 9.17) is 14.7 Å². The van der Waals surface area contributed by atoms with Crippen molar-refractivity contribution >= 4 is 27.5 Å². The van der Waals surface area contributed by atoms with Gasteiger partial charge in [0.2, 0.25) is 0 Å². The molecule has 0 amide bonds. The van der Waals surface area contributed by atoms with Crippen molar-refractivity contribution in [3.63, 3.8) is 0 Å². The van der Waals surface area contributed by atoms with E-state index in [0.717, 1.165) is 0 Å². The molecule has 0 aliphatic heterocycles. The van der Waals surface area contributed by atoms with Crippen molar-refractivity contribution in [2.75, 3.05) is 7.11 Å². The van der Waals surface area contributed by atoms with Gasteiger partial charge in [-0.3, -0.25) is 14.2 Å². The molecule has 0 bridgehead atoms. The first-order chi connectivity index (χ1) is 12.1. The van der Waals surface area contributed by atoms with Gasteiger partial charge >= 0.3 is 5.97 Å². The molecule has 0 saturated carbocycles. The lowest BCUT2D eigenvalue weighted by Gasteiger charge is -2.10. The van der Waals surface area contributed by atoms with E-state index in [1.165, 1.54) is 47.5 Å². The summed E-state index contributed by atoms with van der Waals surface area (Å²) in [7, 11) is 1.43. The zero-order chi connectivity index (χ0) is 17.8. The summed E-state index contributed by atoms with van der Waals surface area (Å²) >= 11 is 1.39. The lowest BCUT2D eigenvalue weighted by molar-refractivity contribution is -0.134. The van der Waals surface area contributed by atoms with Crippen LogP contribution < -0.4 is 15.0 Å². The van der Waals surface area contributed by atoms with Crippen LogP contribution in [0.25, 0.3) is 10.2 Å². The zero-order valence-electron chi connectivity index (χ0n) is 13.3. The molecular weight excluding hydrogens is 342 g/mol. The third-order valence-electron chi connectivity index (χ3n) is 3.52. The number of carbonyl (C=O) groups is 1. The van der Waals surface area contributed by atoms with Crippen molar-refractivity contribution in [2.45, 2.75) is 13.0 Å². The van der Waals surface area contributed by atoms with Crippen LogP contribution >= 0.6 is 11.3 Å². The Labute approximate surface area is 146 Å². The van der Waals surface area contributed by atoms with Gasteiger partial charge in [0.1, 0.15) is 4.83 Å². The average Bonchev–Trinajstić information content (AvgIpc) is 3.11. The Morgan fingerprint density at radius 1 is 1.36 bits per heavy atom. The highest BCUT2D eigenvalue weighted by atomic mass is 32.1. The van der Waals surface area contributed by atoms with Crippen LogP contribution in [0.3, 0.4) is 0 Å². The number of rotatable bonds is 5. The maximum Gasteiger partial charge on any atom is 0.313 e. The molecule has 0 fully saturated rings. The topological polar surface area (TPSA) is 94.2 Å². The minimum Gasteiger partial charge on any atom is -0.493 e. The van der Waals surface area contributed by atoms with Gasteiger partial charge in [-0.2, -0.15) is 5.26 Å². The van der Waals surface area contributed by atoms with Gasteiger partial charge in [0.05, 0.1) is 36.9 Å². The number of hydrogen-bond acceptors (Lipinski definition) is 7. The molecule has 25 heavy (non-hydrogen) atoms. The Morgan fingerprint density at radius 2 is 2.20 bits per heavy atom. The lowest BCUT2D eigenvalue weighted by Crippen LogP contribution is -2.22. The molecule has 7 nitrogen and oxygen atoms in total. The monoisotopic (exact) mass is 355 g/mol. The highest BCUT2D eigenvalue weighted by Crippen LogP contribution is 2.28. The summed E-state index contributed by atoms with van der Waals surface area (Å²) in [4.78, 5) is 29.2. The number of thiophene rings is 1. The van der Waals surface area contributed by atoms with Crippen molar-refractivity contribution in [1.82, 2.24) is 9.55 Å². The molecule has 126 valence electrons. The predicted octanol–water partition coefficient (Wildman–Crippen LogP) is 2.33. The van der Waals surface area contributed by atoms with Crippen LogP contribution in [0.4, 0.5) is 0 Å². The van der Waals surface area contributed by atoms with Crippen molar-refractivity contribution < 1.29 is 14.3 Å². The minimum absolute atomic E-state index is 0.000383. The first kappa shape index (κ1) is 16.7. The fourth-order valence-electron chi connectivity index (χ4n) is 2.26. The van der Waals surface area contributed by atoms with E-state index in [1.807, 2.05) is 6.07 Å². The second-order valence-corrected chi connectivity index (χ2v) is 5.98. The highest BCUT2D eigenvalue weighted by Gasteiger charge is 2.12. The van der Waals surface area contributed by atoms with Gasteiger partial charge in [0.25, 0.3) is 5.56 Å². The molecule has 0 aliphatic carbocycles. The number of fused-ring (bicyclic) bond motifs is 1. The largest absolute Gasteiger partial charge is 0.493 e. The molecule has 0 N–H and O–H groups in total. The predicted molar refractivity (Wildman–Crippen MR) is 91.8 cm³/mol. The summed E-state index contributed by atoms with van der Waals surface area (Å²) in [5.74, 6) is 0.0107. The van der Waals surface area contributed by atoms with E-state index in [2.05, 4.69) is 4.98 Å². The molecule has 0 atom stereocenters. The Kier molecular flexibility index (Phi) is 4.77. The van der Waals surface area contributed by atoms with Crippen LogP contribution in [0.1, 0.15) is 12.0 Å². The number of aryl methyl sites for hydroxylation is 1. The van der Waals surface area contributed by atoms with Crippen molar-refractivity contribution in [2.24, 2.45) is 0 Å². The SMILES string of the molecule is COc1cc(C#N)ccc1OC(=O)CCn1cnc2sccc2c1=O. The van der Waals surface area contributed by atoms with Crippen LogP contribution in [0, 0.1) is 11.3 Å². The number of benzene rings is 1. The quantitative estimate of drug-likeness (QED) is 0.515. The third-order valence-corrected chi connectivity index (χ3v) is 4.34. The molecule has 0 spiro atoms. The molecule has 0 aliphatic rings. The molecule has 2 heterocycles. The van der Waals surface area contributed by atoms with E-state index in [0.29, 0.717) is 21.5 Å². The van der Waals surface area contributed by atoms with Gasteiger partial charge in [0, 0.05) is 12.6 Å². The number of nitrogens with zero attached hydrogens (tertiary/aromatic N) is 3. The van der Waals surface area contributed by atoms with Gasteiger partial charge < -0.3 is 9.47 Å². The molecular formula is C17H13N3O4S. The molecule has 1 aromatic carbocycles. The number of hydrogen-bond donors (Lipinski definition) is 0. The highest BCUT2D eigenvalue weighted by molar-refractivity contribution is 7.16. The number of carbonyl (C=O) groups excluding carboxylic acids is 1. The smallest absolute Gasteiger partial charge is 0.313 e. The summed E-state index contributed by atoms with van der Waals surface area (Å²) in [5, 5.41) is 11.2. The van der Waals surface area contributed by atoms with Crippen molar-refractivity contribution in [3.8, 4) is 17.6 Å². The standard InChI is InChI=1S/C17H13N3O4S/c1-23-14-8-11(9-18)2-3-13(14)24-15(21)4-6-20-10-19-16-12(17(20)22)5-7-25-16/h2-3,5,7-8,10H,4,6H2,1H3. The van der Waals surface area contributed by atoms with E-state index in [-0.39, 0.29) is 24.3 Å². The van der Waals surface area contributed by atoms with E-state index >= 15 is 0 Å². The van der Waals surface area contributed by atoms with Crippen LogP contribution in [0.15, 0.2) is 40.8 Å². The second kappa shape index (κ2) is 7.15. The number of nitriles is 1. The van der Waals surface area contributed by atoms with Gasteiger partial charge in [-0.1, -0.05) is 0 Å². The van der Waals surface area contributed by atoms with Crippen molar-refractivity contribution in [1.29, 1.82) is 5.26 Å². The minimum atomic E-state index is -0.514. The molecule has 0 radical (unpaired) electrons. The van der Waals surface area contributed by atoms with Crippen LogP contribution in [-0.4, -0.2) is 22.6 Å². The molecule has 3 aromatic rings. The van der Waals surface area contributed by atoms with Gasteiger partial charge in [-0.25, -0.2) is 4.98 Å². The fourth-order valence-corrected chi connectivity index (χ4v) is 2.98. The van der Waals surface area contributed by atoms with E-state index < -0.39 is 5.97 Å². The summed E-state index contributed by atoms with van der Waals surface area (Å²) in [6, 6.07) is 8.22. The van der Waals surface area contributed by atoms with E-state index in [9.17, 15) is 9.59 Å². The average molecular weight is 355 g/mol. The summed E-state index contributed by atoms with van der Waals surface area (Å²) in [6.45, 7) is 0.162. The maximum absolute atomic E-state index is 12.3. The van der Waals surface area contributed by atoms with E-state index in [1.54, 1.807) is 11.4 Å². The molecule has 3 rings (SSSR count). The fraction of sp³-hybridized carbons (Fsp3) is 0.176. The number of ether oxygens (including phenoxy) is 2. The Bertz CT molecular complexity index is 1030.